The van der Waals surface area contributed by atoms with E-state index in [0.717, 1.165) is 22.1 Å². The second-order valence-electron chi connectivity index (χ2n) is 8.74. The number of amides is 2. The third-order valence-electron chi connectivity index (χ3n) is 6.49. The number of nitrogens with zero attached hydrogens (tertiary/aromatic N) is 5. The van der Waals surface area contributed by atoms with Gasteiger partial charge in [-0.05, 0) is 37.6 Å². The zero-order valence-corrected chi connectivity index (χ0v) is 20.5. The number of thioether (sulfide) groups is 1. The molecule has 2 aromatic carbocycles. The fourth-order valence-electron chi connectivity index (χ4n) is 4.70. The van der Waals surface area contributed by atoms with Crippen LogP contribution in [0, 0.1) is 12.7 Å². The lowest BCUT2D eigenvalue weighted by Gasteiger charge is -2.36. The molecular formula is C26H28FN5O2S. The summed E-state index contributed by atoms with van der Waals surface area (Å²) in [5, 5.41) is 5.66. The Bertz CT molecular complexity index is 1220. The molecule has 0 radical (unpaired) electrons. The highest BCUT2D eigenvalue weighted by Crippen LogP contribution is 2.39. The van der Waals surface area contributed by atoms with Crippen molar-refractivity contribution in [1.82, 2.24) is 14.7 Å². The molecule has 0 unspecified atom stereocenters. The number of anilines is 2. The van der Waals surface area contributed by atoms with Crippen molar-refractivity contribution in [3.63, 3.8) is 0 Å². The Balaban J connectivity index is 1.19. The minimum Gasteiger partial charge on any atom is -0.366 e. The average Bonchev–Trinajstić information content (AvgIpc) is 3.22. The van der Waals surface area contributed by atoms with E-state index < -0.39 is 0 Å². The van der Waals surface area contributed by atoms with E-state index >= 15 is 0 Å². The summed E-state index contributed by atoms with van der Waals surface area (Å²) < 4.78 is 16.0. The molecule has 0 bridgehead atoms. The van der Waals surface area contributed by atoms with Gasteiger partial charge in [0, 0.05) is 39.1 Å². The van der Waals surface area contributed by atoms with Gasteiger partial charge in [0.05, 0.1) is 28.5 Å². The third kappa shape index (κ3) is 4.77. The Kier molecular flexibility index (Phi) is 6.77. The van der Waals surface area contributed by atoms with Gasteiger partial charge in [0.2, 0.25) is 11.8 Å². The highest BCUT2D eigenvalue weighted by Gasteiger charge is 2.31. The van der Waals surface area contributed by atoms with E-state index in [2.05, 4.69) is 0 Å². The van der Waals surface area contributed by atoms with Gasteiger partial charge >= 0.3 is 0 Å². The molecule has 2 aliphatic rings. The van der Waals surface area contributed by atoms with Crippen molar-refractivity contribution < 1.29 is 14.0 Å². The zero-order chi connectivity index (χ0) is 24.4. The maximum atomic E-state index is 14.1. The molecule has 182 valence electrons. The van der Waals surface area contributed by atoms with E-state index in [-0.39, 0.29) is 17.6 Å². The maximum absolute atomic E-state index is 14.1. The summed E-state index contributed by atoms with van der Waals surface area (Å²) in [6.45, 7) is 4.75. The minimum absolute atomic E-state index is 0.0455. The molecule has 0 spiro atoms. The number of benzene rings is 2. The van der Waals surface area contributed by atoms with Gasteiger partial charge in [-0.2, -0.15) is 5.10 Å². The summed E-state index contributed by atoms with van der Waals surface area (Å²) >= 11 is 1.51. The van der Waals surface area contributed by atoms with Crippen LogP contribution in [-0.4, -0.2) is 65.0 Å². The van der Waals surface area contributed by atoms with E-state index in [1.807, 2.05) is 57.8 Å². The van der Waals surface area contributed by atoms with Crippen LogP contribution in [0.25, 0.3) is 5.69 Å². The Morgan fingerprint density at radius 2 is 1.74 bits per heavy atom. The Morgan fingerprint density at radius 3 is 2.49 bits per heavy atom. The van der Waals surface area contributed by atoms with Crippen molar-refractivity contribution >= 4 is 35.0 Å². The lowest BCUT2D eigenvalue weighted by molar-refractivity contribution is -0.131. The highest BCUT2D eigenvalue weighted by atomic mass is 32.2. The molecule has 2 amide bonds. The van der Waals surface area contributed by atoms with Crippen LogP contribution >= 0.6 is 11.8 Å². The Hall–Kier alpha value is -3.33. The number of carbonyl (C=O) groups excluding carboxylic acids is 2. The molecule has 5 rings (SSSR count). The molecule has 0 N–H and O–H groups in total. The molecule has 1 fully saturated rings. The number of carbonyl (C=O) groups is 2. The molecule has 0 atom stereocenters. The molecule has 1 aromatic heterocycles. The highest BCUT2D eigenvalue weighted by molar-refractivity contribution is 8.00. The quantitative estimate of drug-likeness (QED) is 0.522. The number of fused-ring (bicyclic) bond motifs is 1. The van der Waals surface area contributed by atoms with E-state index in [1.54, 1.807) is 17.0 Å². The molecular weight excluding hydrogens is 465 g/mol. The molecule has 9 heteroatoms. The van der Waals surface area contributed by atoms with Gasteiger partial charge in [0.1, 0.15) is 10.8 Å². The van der Waals surface area contributed by atoms with Gasteiger partial charge in [-0.1, -0.05) is 42.1 Å². The largest absolute Gasteiger partial charge is 0.366 e. The van der Waals surface area contributed by atoms with E-state index in [1.165, 1.54) is 17.8 Å². The zero-order valence-electron chi connectivity index (χ0n) is 19.7. The van der Waals surface area contributed by atoms with Crippen LogP contribution in [0.1, 0.15) is 18.5 Å². The van der Waals surface area contributed by atoms with E-state index in [9.17, 15) is 14.0 Å². The molecule has 2 aliphatic heterocycles. The van der Waals surface area contributed by atoms with Gasteiger partial charge in [-0.15, -0.1) is 0 Å². The van der Waals surface area contributed by atoms with Gasteiger partial charge in [-0.25, -0.2) is 9.07 Å². The molecule has 3 heterocycles. The summed E-state index contributed by atoms with van der Waals surface area (Å²) in [5.41, 5.74) is 3.20. The fourth-order valence-corrected chi connectivity index (χ4v) is 5.78. The number of piperazine rings is 1. The lowest BCUT2D eigenvalue weighted by Crippen LogP contribution is -2.49. The SMILES string of the molecule is Cc1nn(-c2ccccc2)c2c1N(CCCC(=O)N1CCN(c3ccccc3F)CC1)C(=O)CS2. The predicted molar refractivity (Wildman–Crippen MR) is 136 cm³/mol. The third-order valence-corrected chi connectivity index (χ3v) is 7.52. The topological polar surface area (TPSA) is 61.7 Å². The number of hydrogen-bond acceptors (Lipinski definition) is 5. The molecule has 0 saturated carbocycles. The number of rotatable bonds is 6. The summed E-state index contributed by atoms with van der Waals surface area (Å²) in [4.78, 5) is 31.2. The van der Waals surface area contributed by atoms with Crippen LogP contribution in [0.15, 0.2) is 59.6 Å². The normalized spacial score (nSPS) is 15.9. The van der Waals surface area contributed by atoms with Crippen molar-refractivity contribution in [1.29, 1.82) is 0 Å². The van der Waals surface area contributed by atoms with E-state index in [0.29, 0.717) is 57.0 Å². The number of hydrogen-bond donors (Lipinski definition) is 0. The van der Waals surface area contributed by atoms with Crippen LogP contribution in [0.5, 0.6) is 0 Å². The van der Waals surface area contributed by atoms with E-state index in [4.69, 9.17) is 5.10 Å². The van der Waals surface area contributed by atoms with Crippen LogP contribution in [0.2, 0.25) is 0 Å². The van der Waals surface area contributed by atoms with Crippen LogP contribution < -0.4 is 9.80 Å². The maximum Gasteiger partial charge on any atom is 0.237 e. The summed E-state index contributed by atoms with van der Waals surface area (Å²) in [6.07, 6.45) is 0.954. The summed E-state index contributed by atoms with van der Waals surface area (Å²) in [6, 6.07) is 16.6. The second kappa shape index (κ2) is 10.1. The van der Waals surface area contributed by atoms with Crippen molar-refractivity contribution in [3.05, 3.63) is 66.1 Å². The van der Waals surface area contributed by atoms with Crippen molar-refractivity contribution in [2.24, 2.45) is 0 Å². The molecule has 35 heavy (non-hydrogen) atoms. The number of aromatic nitrogens is 2. The van der Waals surface area contributed by atoms with Gasteiger partial charge in [0.15, 0.2) is 0 Å². The Morgan fingerprint density at radius 1 is 1.03 bits per heavy atom. The fraction of sp³-hybridized carbons (Fsp3) is 0.346. The second-order valence-corrected chi connectivity index (χ2v) is 9.71. The van der Waals surface area contributed by atoms with Crippen LogP contribution in [-0.2, 0) is 9.59 Å². The van der Waals surface area contributed by atoms with Gasteiger partial charge in [-0.3, -0.25) is 9.59 Å². The smallest absolute Gasteiger partial charge is 0.237 e. The van der Waals surface area contributed by atoms with Crippen LogP contribution in [0.4, 0.5) is 15.8 Å². The summed E-state index contributed by atoms with van der Waals surface area (Å²) in [5.74, 6) is 0.247. The first kappa shape index (κ1) is 23.4. The van der Waals surface area contributed by atoms with Crippen molar-refractivity contribution in [3.8, 4) is 5.69 Å². The molecule has 7 nitrogen and oxygen atoms in total. The number of para-hydroxylation sites is 2. The number of halogens is 1. The lowest BCUT2D eigenvalue weighted by atomic mass is 10.2. The minimum atomic E-state index is -0.234. The molecule has 0 aliphatic carbocycles. The monoisotopic (exact) mass is 493 g/mol. The molecule has 3 aromatic rings. The van der Waals surface area contributed by atoms with Crippen molar-refractivity contribution in [2.75, 3.05) is 48.3 Å². The first-order valence-electron chi connectivity index (χ1n) is 11.9. The predicted octanol–water partition coefficient (Wildman–Crippen LogP) is 3.89. The number of aryl methyl sites for hydroxylation is 1. The standard InChI is InChI=1S/C26H28FN5O2S/c1-19-25-26(32(28-19)20-8-3-2-4-9-20)35-18-24(34)31(25)13-7-12-23(33)30-16-14-29(15-17-30)22-11-6-5-10-21(22)27/h2-6,8-11H,7,12-18H2,1H3. The van der Waals surface area contributed by atoms with Gasteiger partial charge < -0.3 is 14.7 Å². The van der Waals surface area contributed by atoms with Crippen molar-refractivity contribution in [2.45, 2.75) is 24.8 Å². The first-order chi connectivity index (χ1) is 17.0. The molecule has 1 saturated heterocycles. The Labute approximate surface area is 208 Å². The van der Waals surface area contributed by atoms with Crippen LogP contribution in [0.3, 0.4) is 0 Å². The summed E-state index contributed by atoms with van der Waals surface area (Å²) in [7, 11) is 0. The first-order valence-corrected chi connectivity index (χ1v) is 12.9. The van der Waals surface area contributed by atoms with Gasteiger partial charge in [0.25, 0.3) is 0 Å². The average molecular weight is 494 g/mol.